The molecular formula is C19H22Cl2N4O4. The molecule has 0 unspecified atom stereocenters. The molecule has 1 fully saturated rings. The fraction of sp³-hybridized carbons (Fsp3) is 0.421. The number of nitrogens with one attached hydrogen (secondary N) is 2. The lowest BCUT2D eigenvalue weighted by molar-refractivity contribution is -0.191. The van der Waals surface area contributed by atoms with Crippen LogP contribution in [0.25, 0.3) is 0 Å². The Hall–Kier alpha value is -2.22. The highest BCUT2D eigenvalue weighted by molar-refractivity contribution is 6.42. The quantitative estimate of drug-likeness (QED) is 0.736. The van der Waals surface area contributed by atoms with Crippen molar-refractivity contribution in [3.8, 4) is 0 Å². The summed E-state index contributed by atoms with van der Waals surface area (Å²) in [7, 11) is 0. The number of hydrogen-bond donors (Lipinski definition) is 2. The third kappa shape index (κ3) is 6.96. The summed E-state index contributed by atoms with van der Waals surface area (Å²) in [6.45, 7) is 4.74. The Labute approximate surface area is 178 Å². The molecule has 1 aliphatic heterocycles. The topological polar surface area (TPSA) is 102 Å². The first kappa shape index (κ1) is 23.1. The van der Waals surface area contributed by atoms with Crippen LogP contribution in [0, 0.1) is 12.8 Å². The highest BCUT2D eigenvalue weighted by atomic mass is 35.5. The molecule has 0 saturated carbocycles. The summed E-state index contributed by atoms with van der Waals surface area (Å²) >= 11 is 12.2. The minimum atomic E-state index is -0.161. The Morgan fingerprint density at radius 1 is 1.34 bits per heavy atom. The number of hydrogen-bond acceptors (Lipinski definition) is 6. The number of amides is 1. The fourth-order valence-electron chi connectivity index (χ4n) is 3.03. The molecule has 1 aromatic carbocycles. The number of carbonyl (C=O) groups is 1. The number of aromatic nitrogens is 2. The number of carbonyl (C=O) groups excluding carboxylic acids is 3. The first-order valence-electron chi connectivity index (χ1n) is 8.98. The van der Waals surface area contributed by atoms with Crippen molar-refractivity contribution in [1.29, 1.82) is 0 Å². The lowest BCUT2D eigenvalue weighted by atomic mass is 9.95. The molecule has 1 amide bonds. The zero-order chi connectivity index (χ0) is 21.2. The van der Waals surface area contributed by atoms with Crippen LogP contribution in [0.4, 0.5) is 0 Å². The summed E-state index contributed by atoms with van der Waals surface area (Å²) in [6, 6.07) is 7.40. The summed E-state index contributed by atoms with van der Waals surface area (Å²) in [6.07, 6.45) is 1.78. The van der Waals surface area contributed by atoms with Crippen LogP contribution >= 0.6 is 23.2 Å². The second-order valence-electron chi connectivity index (χ2n) is 6.45. The highest BCUT2D eigenvalue weighted by Crippen LogP contribution is 2.31. The van der Waals surface area contributed by atoms with E-state index in [-0.39, 0.29) is 30.6 Å². The van der Waals surface area contributed by atoms with Gasteiger partial charge in [-0.1, -0.05) is 29.3 Å². The molecule has 2 aromatic rings. The minimum Gasteiger partial charge on any atom is -0.372 e. The van der Waals surface area contributed by atoms with Crippen molar-refractivity contribution >= 4 is 35.3 Å². The van der Waals surface area contributed by atoms with E-state index in [2.05, 4.69) is 15.7 Å². The SMILES string of the molecule is Cc1ccnn1CC(=O)NC[C@@H]1CNCCO[C@H]1c1ccc(Cl)c(Cl)c1.O=C=O. The summed E-state index contributed by atoms with van der Waals surface area (Å²) in [4.78, 5) is 28.5. The van der Waals surface area contributed by atoms with Gasteiger partial charge in [0, 0.05) is 37.4 Å². The van der Waals surface area contributed by atoms with Crippen LogP contribution in [0.1, 0.15) is 17.4 Å². The first-order valence-corrected chi connectivity index (χ1v) is 9.73. The smallest absolute Gasteiger partial charge is 0.372 e. The number of halogens is 2. The van der Waals surface area contributed by atoms with Gasteiger partial charge in [-0.3, -0.25) is 9.48 Å². The molecule has 1 saturated heterocycles. The van der Waals surface area contributed by atoms with E-state index in [1.165, 1.54) is 0 Å². The van der Waals surface area contributed by atoms with Gasteiger partial charge in [-0.2, -0.15) is 14.7 Å². The van der Waals surface area contributed by atoms with Gasteiger partial charge in [0.1, 0.15) is 6.54 Å². The summed E-state index contributed by atoms with van der Waals surface area (Å²) < 4.78 is 7.69. The molecular weight excluding hydrogens is 419 g/mol. The first-order chi connectivity index (χ1) is 14.0. The average Bonchev–Trinajstić information content (AvgIpc) is 2.94. The molecule has 0 bridgehead atoms. The molecule has 10 heteroatoms. The molecule has 1 aliphatic rings. The van der Waals surface area contributed by atoms with Crippen LogP contribution in [-0.4, -0.2) is 48.1 Å². The van der Waals surface area contributed by atoms with Gasteiger partial charge in [-0.05, 0) is 30.7 Å². The van der Waals surface area contributed by atoms with Gasteiger partial charge in [0.2, 0.25) is 5.91 Å². The monoisotopic (exact) mass is 440 g/mol. The third-order valence-corrected chi connectivity index (χ3v) is 5.21. The normalized spacial score (nSPS) is 18.7. The zero-order valence-corrected chi connectivity index (χ0v) is 17.4. The fourth-order valence-corrected chi connectivity index (χ4v) is 3.33. The van der Waals surface area contributed by atoms with Gasteiger partial charge in [0.05, 0.1) is 22.8 Å². The van der Waals surface area contributed by atoms with Crippen molar-refractivity contribution in [1.82, 2.24) is 20.4 Å². The Bertz CT molecular complexity index is 852. The molecule has 1 aromatic heterocycles. The van der Waals surface area contributed by atoms with Crippen LogP contribution in [0.3, 0.4) is 0 Å². The van der Waals surface area contributed by atoms with Crippen molar-refractivity contribution in [3.63, 3.8) is 0 Å². The minimum absolute atomic E-state index is 0.0751. The summed E-state index contributed by atoms with van der Waals surface area (Å²) in [5.41, 5.74) is 1.92. The van der Waals surface area contributed by atoms with E-state index < -0.39 is 0 Å². The van der Waals surface area contributed by atoms with E-state index in [0.29, 0.717) is 23.2 Å². The van der Waals surface area contributed by atoms with Crippen molar-refractivity contribution in [2.75, 3.05) is 26.2 Å². The number of ether oxygens (including phenoxy) is 1. The second-order valence-corrected chi connectivity index (χ2v) is 7.26. The molecule has 8 nitrogen and oxygen atoms in total. The number of nitrogens with zero attached hydrogens (tertiary/aromatic N) is 2. The number of rotatable bonds is 5. The van der Waals surface area contributed by atoms with Crippen LogP contribution in [0.15, 0.2) is 30.5 Å². The molecule has 156 valence electrons. The van der Waals surface area contributed by atoms with Crippen LogP contribution < -0.4 is 10.6 Å². The molecule has 2 N–H and O–H groups in total. The molecule has 0 spiro atoms. The molecule has 0 aliphatic carbocycles. The molecule has 2 heterocycles. The van der Waals surface area contributed by atoms with Gasteiger partial charge in [-0.15, -0.1) is 0 Å². The van der Waals surface area contributed by atoms with Crippen molar-refractivity contribution in [2.45, 2.75) is 19.6 Å². The largest absolute Gasteiger partial charge is 0.373 e. The van der Waals surface area contributed by atoms with Gasteiger partial charge in [0.25, 0.3) is 0 Å². The summed E-state index contributed by atoms with van der Waals surface area (Å²) in [5.74, 6) is 0.00588. The maximum atomic E-state index is 12.3. The zero-order valence-electron chi connectivity index (χ0n) is 15.9. The van der Waals surface area contributed by atoms with Gasteiger partial charge >= 0.3 is 6.15 Å². The second kappa shape index (κ2) is 11.7. The van der Waals surface area contributed by atoms with Crippen molar-refractivity contribution < 1.29 is 19.1 Å². The average molecular weight is 441 g/mol. The molecule has 0 radical (unpaired) electrons. The predicted molar refractivity (Wildman–Crippen MR) is 106 cm³/mol. The van der Waals surface area contributed by atoms with E-state index in [0.717, 1.165) is 24.3 Å². The molecule has 3 rings (SSSR count). The third-order valence-electron chi connectivity index (χ3n) is 4.47. The lowest BCUT2D eigenvalue weighted by Crippen LogP contribution is -2.38. The van der Waals surface area contributed by atoms with E-state index in [1.54, 1.807) is 16.9 Å². The Morgan fingerprint density at radius 2 is 2.10 bits per heavy atom. The Kier molecular flexibility index (Phi) is 9.31. The van der Waals surface area contributed by atoms with Crippen LogP contribution in [0.2, 0.25) is 10.0 Å². The van der Waals surface area contributed by atoms with Gasteiger partial charge in [-0.25, -0.2) is 0 Å². The van der Waals surface area contributed by atoms with Crippen LogP contribution in [-0.2, 0) is 25.7 Å². The molecule has 2 atom stereocenters. The number of benzene rings is 1. The van der Waals surface area contributed by atoms with E-state index in [1.807, 2.05) is 25.1 Å². The van der Waals surface area contributed by atoms with Crippen molar-refractivity contribution in [2.24, 2.45) is 5.92 Å². The van der Waals surface area contributed by atoms with Crippen molar-refractivity contribution in [3.05, 3.63) is 51.8 Å². The standard InChI is InChI=1S/C18H22Cl2N4O2.CO2/c1-12-4-5-23-24(12)11-17(25)22-10-14-9-21-6-7-26-18(14)13-2-3-15(19)16(20)8-13;2-1-3/h2-5,8,14,18,21H,6-7,9-11H2,1H3,(H,22,25);/t14-,18-;/m0./s1. The lowest BCUT2D eigenvalue weighted by Gasteiger charge is -2.25. The van der Waals surface area contributed by atoms with Crippen LogP contribution in [0.5, 0.6) is 0 Å². The Balaban J connectivity index is 0.000000941. The maximum Gasteiger partial charge on any atom is 0.373 e. The predicted octanol–water partition coefficient (Wildman–Crippen LogP) is 2.01. The molecule has 29 heavy (non-hydrogen) atoms. The van der Waals surface area contributed by atoms with Gasteiger partial charge in [0.15, 0.2) is 0 Å². The van der Waals surface area contributed by atoms with E-state index >= 15 is 0 Å². The van der Waals surface area contributed by atoms with Gasteiger partial charge < -0.3 is 15.4 Å². The summed E-state index contributed by atoms with van der Waals surface area (Å²) in [5, 5.41) is 11.5. The van der Waals surface area contributed by atoms with E-state index in [4.69, 9.17) is 37.5 Å². The Morgan fingerprint density at radius 3 is 2.76 bits per heavy atom. The highest BCUT2D eigenvalue weighted by Gasteiger charge is 2.27. The van der Waals surface area contributed by atoms with E-state index in [9.17, 15) is 4.79 Å². The maximum absolute atomic E-state index is 12.3. The number of aryl methyl sites for hydroxylation is 1.